The Kier molecular flexibility index (Phi) is 3.64. The second kappa shape index (κ2) is 5.58. The summed E-state index contributed by atoms with van der Waals surface area (Å²) in [7, 11) is 0. The fourth-order valence-electron chi connectivity index (χ4n) is 2.45. The summed E-state index contributed by atoms with van der Waals surface area (Å²) in [5.74, 6) is 1.07. The minimum atomic E-state index is -0.159. The highest BCUT2D eigenvalue weighted by Gasteiger charge is 2.20. The highest BCUT2D eigenvalue weighted by Crippen LogP contribution is 2.20. The molecule has 2 heterocycles. The van der Waals surface area contributed by atoms with Crippen LogP contribution >= 0.6 is 0 Å². The summed E-state index contributed by atoms with van der Waals surface area (Å²) >= 11 is 0. The standard InChI is InChI=1S/C14H17FN4O/c1-11-16-17-14(20-11)10-18-6-8-19(9-7-18)13-5-3-2-4-12(13)15/h2-5H,6-10H2,1H3. The summed E-state index contributed by atoms with van der Waals surface area (Å²) < 4.78 is 19.1. The smallest absolute Gasteiger partial charge is 0.230 e. The van der Waals surface area contributed by atoms with Crippen LogP contribution in [-0.2, 0) is 6.54 Å². The number of anilines is 1. The zero-order chi connectivity index (χ0) is 13.9. The van der Waals surface area contributed by atoms with Crippen LogP contribution in [0, 0.1) is 12.7 Å². The first kappa shape index (κ1) is 13.1. The Morgan fingerprint density at radius 2 is 1.90 bits per heavy atom. The Labute approximate surface area is 117 Å². The van der Waals surface area contributed by atoms with Crippen LogP contribution in [0.1, 0.15) is 11.8 Å². The predicted molar refractivity (Wildman–Crippen MR) is 72.9 cm³/mol. The van der Waals surface area contributed by atoms with Gasteiger partial charge in [-0.15, -0.1) is 10.2 Å². The van der Waals surface area contributed by atoms with Crippen LogP contribution < -0.4 is 4.90 Å². The molecule has 1 aromatic carbocycles. The largest absolute Gasteiger partial charge is 0.424 e. The van der Waals surface area contributed by atoms with Gasteiger partial charge in [-0.05, 0) is 12.1 Å². The van der Waals surface area contributed by atoms with Crippen LogP contribution in [0.4, 0.5) is 10.1 Å². The molecule has 6 heteroatoms. The summed E-state index contributed by atoms with van der Waals surface area (Å²) in [4.78, 5) is 4.31. The van der Waals surface area contributed by atoms with Crippen molar-refractivity contribution < 1.29 is 8.81 Å². The Morgan fingerprint density at radius 1 is 1.15 bits per heavy atom. The molecule has 106 valence electrons. The lowest BCUT2D eigenvalue weighted by Crippen LogP contribution is -2.46. The lowest BCUT2D eigenvalue weighted by atomic mass is 10.2. The summed E-state index contributed by atoms with van der Waals surface area (Å²) in [6.07, 6.45) is 0. The van der Waals surface area contributed by atoms with Crippen LogP contribution in [0.3, 0.4) is 0 Å². The molecule has 1 saturated heterocycles. The summed E-state index contributed by atoms with van der Waals surface area (Å²) in [6, 6.07) is 6.91. The molecule has 0 atom stereocenters. The van der Waals surface area contributed by atoms with Crippen LogP contribution in [0.2, 0.25) is 0 Å². The Balaban J connectivity index is 1.58. The second-order valence-electron chi connectivity index (χ2n) is 4.93. The van der Waals surface area contributed by atoms with E-state index in [4.69, 9.17) is 4.42 Å². The van der Waals surface area contributed by atoms with Gasteiger partial charge in [-0.25, -0.2) is 4.39 Å². The van der Waals surface area contributed by atoms with Gasteiger partial charge in [0.1, 0.15) is 5.82 Å². The van der Waals surface area contributed by atoms with Crippen molar-refractivity contribution in [2.45, 2.75) is 13.5 Å². The molecule has 0 amide bonds. The zero-order valence-electron chi connectivity index (χ0n) is 11.4. The van der Waals surface area contributed by atoms with Gasteiger partial charge in [-0.2, -0.15) is 0 Å². The van der Waals surface area contributed by atoms with E-state index in [1.165, 1.54) is 6.07 Å². The Morgan fingerprint density at radius 3 is 2.55 bits per heavy atom. The summed E-state index contributed by atoms with van der Waals surface area (Å²) in [5, 5.41) is 7.82. The number of halogens is 1. The van der Waals surface area contributed by atoms with Gasteiger partial charge in [0.15, 0.2) is 0 Å². The molecule has 1 aliphatic rings. The molecule has 5 nitrogen and oxygen atoms in total. The number of rotatable bonds is 3. The number of para-hydroxylation sites is 1. The zero-order valence-corrected chi connectivity index (χ0v) is 11.4. The van der Waals surface area contributed by atoms with Gasteiger partial charge in [0.2, 0.25) is 11.8 Å². The first-order valence-corrected chi connectivity index (χ1v) is 6.73. The van der Waals surface area contributed by atoms with Crippen LogP contribution in [0.5, 0.6) is 0 Å². The molecule has 0 radical (unpaired) electrons. The second-order valence-corrected chi connectivity index (χ2v) is 4.93. The quantitative estimate of drug-likeness (QED) is 0.856. The van der Waals surface area contributed by atoms with Gasteiger partial charge in [0.05, 0.1) is 12.2 Å². The Hall–Kier alpha value is -1.95. The molecule has 0 aliphatic carbocycles. The maximum Gasteiger partial charge on any atom is 0.230 e. The summed E-state index contributed by atoms with van der Waals surface area (Å²) in [6.45, 7) is 5.76. The maximum atomic E-state index is 13.7. The third-order valence-corrected chi connectivity index (χ3v) is 3.49. The molecule has 3 rings (SSSR count). The molecular formula is C14H17FN4O. The van der Waals surface area contributed by atoms with Crippen LogP contribution in [0.15, 0.2) is 28.7 Å². The van der Waals surface area contributed by atoms with Gasteiger partial charge < -0.3 is 9.32 Å². The van der Waals surface area contributed by atoms with E-state index < -0.39 is 0 Å². The molecule has 0 N–H and O–H groups in total. The van der Waals surface area contributed by atoms with E-state index in [1.807, 2.05) is 12.1 Å². The number of piperazine rings is 1. The molecule has 0 saturated carbocycles. The molecule has 20 heavy (non-hydrogen) atoms. The fraction of sp³-hybridized carbons (Fsp3) is 0.429. The van der Waals surface area contributed by atoms with Crippen molar-refractivity contribution >= 4 is 5.69 Å². The van der Waals surface area contributed by atoms with E-state index in [2.05, 4.69) is 20.0 Å². The SMILES string of the molecule is Cc1nnc(CN2CCN(c3ccccc3F)CC2)o1. The van der Waals surface area contributed by atoms with Crippen LogP contribution in [0.25, 0.3) is 0 Å². The van der Waals surface area contributed by atoms with E-state index in [0.717, 1.165) is 26.2 Å². The topological polar surface area (TPSA) is 45.4 Å². The molecule has 1 aliphatic heterocycles. The molecule has 0 spiro atoms. The van der Waals surface area contributed by atoms with E-state index in [1.54, 1.807) is 13.0 Å². The number of nitrogens with zero attached hydrogens (tertiary/aromatic N) is 4. The summed E-state index contributed by atoms with van der Waals surface area (Å²) in [5.41, 5.74) is 0.681. The molecule has 0 unspecified atom stereocenters. The van der Waals surface area contributed by atoms with Crippen LogP contribution in [-0.4, -0.2) is 41.3 Å². The maximum absolute atomic E-state index is 13.7. The van der Waals surface area contributed by atoms with Gasteiger partial charge in [0, 0.05) is 33.1 Å². The van der Waals surface area contributed by atoms with Crippen molar-refractivity contribution in [1.29, 1.82) is 0 Å². The van der Waals surface area contributed by atoms with Crippen molar-refractivity contribution in [2.24, 2.45) is 0 Å². The fourth-order valence-corrected chi connectivity index (χ4v) is 2.45. The van der Waals surface area contributed by atoms with E-state index >= 15 is 0 Å². The van der Waals surface area contributed by atoms with Crippen molar-refractivity contribution in [2.75, 3.05) is 31.1 Å². The van der Waals surface area contributed by atoms with E-state index in [0.29, 0.717) is 24.0 Å². The van der Waals surface area contributed by atoms with Gasteiger partial charge >= 0.3 is 0 Å². The third-order valence-electron chi connectivity index (χ3n) is 3.49. The van der Waals surface area contributed by atoms with E-state index in [9.17, 15) is 4.39 Å². The normalized spacial score (nSPS) is 16.6. The van der Waals surface area contributed by atoms with Crippen molar-refractivity contribution in [3.05, 3.63) is 41.9 Å². The van der Waals surface area contributed by atoms with Gasteiger partial charge in [0.25, 0.3) is 0 Å². The average Bonchev–Trinajstić information content (AvgIpc) is 2.86. The number of hydrogen-bond donors (Lipinski definition) is 0. The van der Waals surface area contributed by atoms with Crippen molar-refractivity contribution in [3.63, 3.8) is 0 Å². The number of benzene rings is 1. The first-order chi connectivity index (χ1) is 9.72. The minimum Gasteiger partial charge on any atom is -0.424 e. The third kappa shape index (κ3) is 2.80. The Bertz CT molecular complexity index is 578. The average molecular weight is 276 g/mol. The lowest BCUT2D eigenvalue weighted by molar-refractivity contribution is 0.224. The monoisotopic (exact) mass is 276 g/mol. The molecule has 0 bridgehead atoms. The van der Waals surface area contributed by atoms with Crippen molar-refractivity contribution in [3.8, 4) is 0 Å². The molecule has 1 fully saturated rings. The predicted octanol–water partition coefficient (Wildman–Crippen LogP) is 1.84. The van der Waals surface area contributed by atoms with Crippen molar-refractivity contribution in [1.82, 2.24) is 15.1 Å². The van der Waals surface area contributed by atoms with E-state index in [-0.39, 0.29) is 5.82 Å². The molecule has 1 aromatic heterocycles. The van der Waals surface area contributed by atoms with Gasteiger partial charge in [-0.3, -0.25) is 4.90 Å². The highest BCUT2D eigenvalue weighted by atomic mass is 19.1. The minimum absolute atomic E-state index is 0.159. The first-order valence-electron chi connectivity index (χ1n) is 6.73. The lowest BCUT2D eigenvalue weighted by Gasteiger charge is -2.35. The highest BCUT2D eigenvalue weighted by molar-refractivity contribution is 5.47. The molecular weight excluding hydrogens is 259 g/mol. The number of aromatic nitrogens is 2. The molecule has 2 aromatic rings. The van der Waals surface area contributed by atoms with Gasteiger partial charge in [-0.1, -0.05) is 12.1 Å². The number of aryl methyl sites for hydroxylation is 1. The number of hydrogen-bond acceptors (Lipinski definition) is 5.